The molecule has 2 N–H and O–H groups in total. The minimum Gasteiger partial charge on any atom is -0.481 e. The maximum absolute atomic E-state index is 10.8. The van der Waals surface area contributed by atoms with E-state index in [1.54, 1.807) is 0 Å². The Kier molecular flexibility index (Phi) is 4.12. The van der Waals surface area contributed by atoms with Crippen LogP contribution >= 0.6 is 0 Å². The van der Waals surface area contributed by atoms with E-state index < -0.39 is 17.9 Å². The number of hydrogen-bond donors (Lipinski definition) is 2. The summed E-state index contributed by atoms with van der Waals surface area (Å²) in [6.07, 6.45) is 4.66. The molecule has 0 aromatic heterocycles. The Labute approximate surface area is 89.3 Å². The molecular weight excluding hydrogens is 196 g/mol. The molecule has 0 spiro atoms. The second-order valence-electron chi connectivity index (χ2n) is 4.38. The lowest BCUT2D eigenvalue weighted by molar-refractivity contribution is -0.157. The monoisotopic (exact) mass is 214 g/mol. The van der Waals surface area contributed by atoms with Crippen LogP contribution in [0.25, 0.3) is 0 Å². The average molecular weight is 214 g/mol. The van der Waals surface area contributed by atoms with E-state index in [1.165, 1.54) is 0 Å². The maximum atomic E-state index is 10.8. The Hall–Kier alpha value is -1.06. The van der Waals surface area contributed by atoms with Crippen LogP contribution in [-0.2, 0) is 9.59 Å². The standard InChI is InChI=1S/C11H18O4/c1-2-3-7-4-5-8(6-7)9(10(12)13)11(14)15/h7-9H,2-6H2,1H3,(H,12,13)(H,14,15). The first kappa shape index (κ1) is 12.0. The molecule has 0 saturated heterocycles. The number of carbonyl (C=O) groups is 2. The lowest BCUT2D eigenvalue weighted by Gasteiger charge is -2.15. The van der Waals surface area contributed by atoms with Gasteiger partial charge in [0.05, 0.1) is 0 Å². The van der Waals surface area contributed by atoms with Crippen molar-refractivity contribution in [2.24, 2.45) is 17.8 Å². The summed E-state index contributed by atoms with van der Waals surface area (Å²) in [4.78, 5) is 21.6. The van der Waals surface area contributed by atoms with Gasteiger partial charge in [-0.25, -0.2) is 0 Å². The first-order valence-electron chi connectivity index (χ1n) is 5.51. The Bertz CT molecular complexity index is 235. The predicted octanol–water partition coefficient (Wildman–Crippen LogP) is 1.99. The van der Waals surface area contributed by atoms with E-state index in [-0.39, 0.29) is 5.92 Å². The van der Waals surface area contributed by atoms with E-state index in [4.69, 9.17) is 10.2 Å². The molecule has 0 bridgehead atoms. The molecule has 2 atom stereocenters. The molecule has 0 aromatic rings. The summed E-state index contributed by atoms with van der Waals surface area (Å²) >= 11 is 0. The highest BCUT2D eigenvalue weighted by atomic mass is 16.4. The van der Waals surface area contributed by atoms with Gasteiger partial charge in [-0.05, 0) is 24.7 Å². The quantitative estimate of drug-likeness (QED) is 0.686. The predicted molar refractivity (Wildman–Crippen MR) is 54.5 cm³/mol. The zero-order valence-electron chi connectivity index (χ0n) is 8.98. The fourth-order valence-corrected chi connectivity index (χ4v) is 2.60. The molecule has 4 nitrogen and oxygen atoms in total. The third-order valence-electron chi connectivity index (χ3n) is 3.28. The van der Waals surface area contributed by atoms with Crippen molar-refractivity contribution in [3.8, 4) is 0 Å². The van der Waals surface area contributed by atoms with Crippen LogP contribution in [0.1, 0.15) is 39.0 Å². The Balaban J connectivity index is 2.57. The first-order chi connectivity index (χ1) is 7.06. The van der Waals surface area contributed by atoms with Gasteiger partial charge in [0.1, 0.15) is 0 Å². The first-order valence-corrected chi connectivity index (χ1v) is 5.51. The Morgan fingerprint density at radius 1 is 1.27 bits per heavy atom. The maximum Gasteiger partial charge on any atom is 0.318 e. The summed E-state index contributed by atoms with van der Waals surface area (Å²) in [7, 11) is 0. The number of hydrogen-bond acceptors (Lipinski definition) is 2. The molecule has 0 heterocycles. The summed E-state index contributed by atoms with van der Waals surface area (Å²) < 4.78 is 0. The van der Waals surface area contributed by atoms with Crippen molar-refractivity contribution in [1.29, 1.82) is 0 Å². The third-order valence-corrected chi connectivity index (χ3v) is 3.28. The van der Waals surface area contributed by atoms with Gasteiger partial charge in [-0.1, -0.05) is 26.2 Å². The van der Waals surface area contributed by atoms with Crippen molar-refractivity contribution < 1.29 is 19.8 Å². The average Bonchev–Trinajstić information content (AvgIpc) is 2.52. The summed E-state index contributed by atoms with van der Waals surface area (Å²) in [5.74, 6) is -3.22. The lowest BCUT2D eigenvalue weighted by atomic mass is 9.89. The number of carboxylic acid groups (broad SMARTS) is 2. The highest BCUT2D eigenvalue weighted by Gasteiger charge is 2.39. The summed E-state index contributed by atoms with van der Waals surface area (Å²) in [6, 6.07) is 0. The molecule has 2 unspecified atom stereocenters. The topological polar surface area (TPSA) is 74.6 Å². The molecule has 1 aliphatic rings. The number of aliphatic carboxylic acids is 2. The fraction of sp³-hybridized carbons (Fsp3) is 0.818. The molecule has 0 aromatic carbocycles. The second kappa shape index (κ2) is 5.14. The van der Waals surface area contributed by atoms with Crippen molar-refractivity contribution in [2.75, 3.05) is 0 Å². The van der Waals surface area contributed by atoms with E-state index in [9.17, 15) is 9.59 Å². The van der Waals surface area contributed by atoms with Gasteiger partial charge in [0.15, 0.2) is 5.92 Å². The van der Waals surface area contributed by atoms with Crippen LogP contribution < -0.4 is 0 Å². The van der Waals surface area contributed by atoms with Crippen LogP contribution in [0.4, 0.5) is 0 Å². The molecule has 86 valence electrons. The second-order valence-corrected chi connectivity index (χ2v) is 4.38. The molecule has 4 heteroatoms. The van der Waals surface area contributed by atoms with Crippen LogP contribution in [-0.4, -0.2) is 22.2 Å². The summed E-state index contributed by atoms with van der Waals surface area (Å²) in [5.41, 5.74) is 0. The molecular formula is C11H18O4. The highest BCUT2D eigenvalue weighted by Crippen LogP contribution is 2.38. The van der Waals surface area contributed by atoms with Crippen LogP contribution in [0, 0.1) is 17.8 Å². The van der Waals surface area contributed by atoms with Gasteiger partial charge in [0.2, 0.25) is 0 Å². The zero-order chi connectivity index (χ0) is 11.4. The van der Waals surface area contributed by atoms with Crippen LogP contribution in [0.15, 0.2) is 0 Å². The van der Waals surface area contributed by atoms with Crippen LogP contribution in [0.3, 0.4) is 0 Å². The van der Waals surface area contributed by atoms with E-state index >= 15 is 0 Å². The van der Waals surface area contributed by atoms with Gasteiger partial charge in [0, 0.05) is 0 Å². The number of carboxylic acids is 2. The molecule has 0 radical (unpaired) electrons. The number of rotatable bonds is 5. The molecule has 1 aliphatic carbocycles. The normalized spacial score (nSPS) is 25.7. The van der Waals surface area contributed by atoms with Crippen molar-refractivity contribution in [1.82, 2.24) is 0 Å². The molecule has 0 amide bonds. The molecule has 1 rings (SSSR count). The van der Waals surface area contributed by atoms with E-state index in [0.29, 0.717) is 5.92 Å². The fourth-order valence-electron chi connectivity index (χ4n) is 2.60. The van der Waals surface area contributed by atoms with E-state index in [1.807, 2.05) is 0 Å². The van der Waals surface area contributed by atoms with Crippen LogP contribution in [0.5, 0.6) is 0 Å². The Morgan fingerprint density at radius 2 is 1.87 bits per heavy atom. The smallest absolute Gasteiger partial charge is 0.318 e. The molecule has 1 fully saturated rings. The largest absolute Gasteiger partial charge is 0.481 e. The van der Waals surface area contributed by atoms with Gasteiger partial charge in [0.25, 0.3) is 0 Å². The zero-order valence-corrected chi connectivity index (χ0v) is 8.98. The lowest BCUT2D eigenvalue weighted by Crippen LogP contribution is -2.30. The highest BCUT2D eigenvalue weighted by molar-refractivity contribution is 5.93. The molecule has 0 aliphatic heterocycles. The van der Waals surface area contributed by atoms with Crippen molar-refractivity contribution >= 4 is 11.9 Å². The van der Waals surface area contributed by atoms with Crippen LogP contribution in [0.2, 0.25) is 0 Å². The van der Waals surface area contributed by atoms with Crippen molar-refractivity contribution in [3.05, 3.63) is 0 Å². The van der Waals surface area contributed by atoms with E-state index in [0.717, 1.165) is 32.1 Å². The van der Waals surface area contributed by atoms with Gasteiger partial charge >= 0.3 is 11.9 Å². The van der Waals surface area contributed by atoms with Gasteiger partial charge in [-0.15, -0.1) is 0 Å². The van der Waals surface area contributed by atoms with Gasteiger partial charge in [-0.2, -0.15) is 0 Å². The minimum absolute atomic E-state index is 0.170. The summed E-state index contributed by atoms with van der Waals surface area (Å²) in [5, 5.41) is 17.7. The summed E-state index contributed by atoms with van der Waals surface area (Å²) in [6.45, 7) is 2.10. The van der Waals surface area contributed by atoms with E-state index in [2.05, 4.69) is 6.92 Å². The molecule has 15 heavy (non-hydrogen) atoms. The van der Waals surface area contributed by atoms with Gasteiger partial charge in [-0.3, -0.25) is 9.59 Å². The van der Waals surface area contributed by atoms with Crippen molar-refractivity contribution in [3.63, 3.8) is 0 Å². The Morgan fingerprint density at radius 3 is 2.33 bits per heavy atom. The SMILES string of the molecule is CCCC1CCC(C(C(=O)O)C(=O)O)C1. The van der Waals surface area contributed by atoms with Crippen molar-refractivity contribution in [2.45, 2.75) is 39.0 Å². The minimum atomic E-state index is -1.20. The molecule has 1 saturated carbocycles. The van der Waals surface area contributed by atoms with Gasteiger partial charge < -0.3 is 10.2 Å². The third kappa shape index (κ3) is 2.94.